The first-order valence-corrected chi connectivity index (χ1v) is 15.1. The van der Waals surface area contributed by atoms with Crippen LogP contribution in [-0.4, -0.2) is 66.8 Å². The van der Waals surface area contributed by atoms with Gasteiger partial charge in [-0.1, -0.05) is 18.2 Å². The molecule has 0 bridgehead atoms. The van der Waals surface area contributed by atoms with Crippen molar-refractivity contribution in [3.63, 3.8) is 0 Å². The summed E-state index contributed by atoms with van der Waals surface area (Å²) in [5.74, 6) is 0.742. The summed E-state index contributed by atoms with van der Waals surface area (Å²) in [5, 5.41) is 0.618. The molecule has 43 heavy (non-hydrogen) atoms. The van der Waals surface area contributed by atoms with Crippen molar-refractivity contribution >= 4 is 33.6 Å². The lowest BCUT2D eigenvalue weighted by molar-refractivity contribution is 0.0987. The van der Waals surface area contributed by atoms with Gasteiger partial charge in [0.15, 0.2) is 5.82 Å². The molecule has 0 amide bonds. The molecule has 228 valence electrons. The second-order valence-corrected chi connectivity index (χ2v) is 11.3. The van der Waals surface area contributed by atoms with E-state index in [-0.39, 0.29) is 42.2 Å². The molecule has 14 heteroatoms. The SMILES string of the molecule is CC(C)Oc1cc(-c2cccc(C(F)CCN[SH](=O)=O)c2F)cc2c(N3CCOCC3C)nc(-c3cnc(N)nc3)nc12. The van der Waals surface area contributed by atoms with E-state index >= 15 is 8.78 Å². The van der Waals surface area contributed by atoms with Gasteiger partial charge >= 0.3 is 0 Å². The van der Waals surface area contributed by atoms with Gasteiger partial charge in [-0.25, -0.2) is 41.9 Å². The van der Waals surface area contributed by atoms with E-state index in [9.17, 15) is 8.42 Å². The van der Waals surface area contributed by atoms with Crippen LogP contribution in [0.2, 0.25) is 0 Å². The van der Waals surface area contributed by atoms with Crippen LogP contribution in [-0.2, 0) is 15.6 Å². The van der Waals surface area contributed by atoms with Crippen LogP contribution < -0.4 is 20.1 Å². The number of morpholine rings is 1. The van der Waals surface area contributed by atoms with Gasteiger partial charge in [-0.2, -0.15) is 0 Å². The van der Waals surface area contributed by atoms with E-state index < -0.39 is 22.9 Å². The molecule has 2 aromatic heterocycles. The highest BCUT2D eigenvalue weighted by molar-refractivity contribution is 7.70. The third-order valence-electron chi connectivity index (χ3n) is 6.99. The molecule has 0 saturated carbocycles. The predicted molar refractivity (Wildman–Crippen MR) is 161 cm³/mol. The minimum absolute atomic E-state index is 0.0225. The summed E-state index contributed by atoms with van der Waals surface area (Å²) >= 11 is 0. The fourth-order valence-corrected chi connectivity index (χ4v) is 5.29. The molecule has 0 radical (unpaired) electrons. The van der Waals surface area contributed by atoms with Crippen molar-refractivity contribution in [2.75, 3.05) is 36.9 Å². The van der Waals surface area contributed by atoms with Crippen LogP contribution in [0, 0.1) is 5.82 Å². The third-order valence-corrected chi connectivity index (χ3v) is 7.48. The zero-order chi connectivity index (χ0) is 30.7. The van der Waals surface area contributed by atoms with Gasteiger partial charge in [0.25, 0.3) is 0 Å². The summed E-state index contributed by atoms with van der Waals surface area (Å²) in [4.78, 5) is 20.0. The quantitative estimate of drug-likeness (QED) is 0.224. The van der Waals surface area contributed by atoms with Gasteiger partial charge in [0.1, 0.15) is 29.1 Å². The number of nitrogen functional groups attached to an aromatic ring is 1. The zero-order valence-corrected chi connectivity index (χ0v) is 24.9. The normalized spacial score (nSPS) is 16.3. The number of ether oxygens (including phenoxy) is 2. The number of aromatic nitrogens is 4. The number of thiol groups is 1. The number of rotatable bonds is 10. The topological polar surface area (TPSA) is 145 Å². The van der Waals surface area contributed by atoms with Crippen molar-refractivity contribution < 1.29 is 26.7 Å². The summed E-state index contributed by atoms with van der Waals surface area (Å²) in [6.45, 7) is 7.17. The number of nitrogens with one attached hydrogen (secondary N) is 1. The maximum atomic E-state index is 15.9. The van der Waals surface area contributed by atoms with Crippen molar-refractivity contribution in [1.82, 2.24) is 24.7 Å². The Balaban J connectivity index is 1.70. The number of halogens is 2. The van der Waals surface area contributed by atoms with Crippen LogP contribution in [0.4, 0.5) is 20.5 Å². The number of hydrogen-bond acceptors (Lipinski definition) is 10. The van der Waals surface area contributed by atoms with E-state index in [0.717, 1.165) is 0 Å². The molecule has 5 rings (SSSR count). The number of anilines is 2. The van der Waals surface area contributed by atoms with Crippen molar-refractivity contribution in [1.29, 1.82) is 0 Å². The lowest BCUT2D eigenvalue weighted by Gasteiger charge is -2.35. The lowest BCUT2D eigenvalue weighted by atomic mass is 9.97. The Hall–Kier alpha value is -4.01. The molecule has 4 aromatic rings. The Kier molecular flexibility index (Phi) is 9.28. The van der Waals surface area contributed by atoms with E-state index in [1.807, 2.05) is 20.8 Å². The zero-order valence-electron chi connectivity index (χ0n) is 24.0. The Morgan fingerprint density at radius 2 is 1.95 bits per heavy atom. The van der Waals surface area contributed by atoms with Gasteiger partial charge in [-0.15, -0.1) is 0 Å². The molecule has 2 unspecified atom stereocenters. The van der Waals surface area contributed by atoms with Crippen LogP contribution in [0.3, 0.4) is 0 Å². The first-order chi connectivity index (χ1) is 20.6. The molecule has 1 aliphatic heterocycles. The maximum Gasteiger partial charge on any atom is 0.219 e. The Bertz CT molecular complexity index is 1680. The number of alkyl halides is 1. The van der Waals surface area contributed by atoms with Gasteiger partial charge in [0.05, 0.1) is 30.9 Å². The average Bonchev–Trinajstić information content (AvgIpc) is 2.97. The first-order valence-electron chi connectivity index (χ1n) is 13.9. The number of benzene rings is 2. The molecule has 0 aliphatic carbocycles. The molecule has 1 fully saturated rings. The van der Waals surface area contributed by atoms with Gasteiger partial charge in [-0.05, 0) is 44.9 Å². The highest BCUT2D eigenvalue weighted by Gasteiger charge is 2.26. The molecule has 0 spiro atoms. The summed E-state index contributed by atoms with van der Waals surface area (Å²) in [7, 11) is -2.87. The number of fused-ring (bicyclic) bond motifs is 1. The van der Waals surface area contributed by atoms with Gasteiger partial charge in [-0.3, -0.25) is 0 Å². The van der Waals surface area contributed by atoms with Gasteiger partial charge in [0, 0.05) is 42.0 Å². The Labute approximate surface area is 249 Å². The van der Waals surface area contributed by atoms with E-state index in [2.05, 4.69) is 19.6 Å². The monoisotopic (exact) mass is 613 g/mol. The van der Waals surface area contributed by atoms with E-state index in [1.54, 1.807) is 36.7 Å². The fourth-order valence-electron chi connectivity index (χ4n) is 4.98. The summed E-state index contributed by atoms with van der Waals surface area (Å²) < 4.78 is 66.6. The van der Waals surface area contributed by atoms with Crippen molar-refractivity contribution in [2.45, 2.75) is 45.5 Å². The molecule has 2 atom stereocenters. The van der Waals surface area contributed by atoms with Gasteiger partial charge in [0.2, 0.25) is 16.8 Å². The van der Waals surface area contributed by atoms with Crippen LogP contribution in [0.15, 0.2) is 42.7 Å². The standard InChI is InChI=1S/C29H33F2N7O4S/c1-16(2)42-24-12-18(20-5-4-6-21(25(20)31)23(30)7-8-35-43(39)40)11-22-26(24)36-27(19-13-33-29(32)34-14-19)37-28(22)38-9-10-41-15-17(38)3/h4-6,11-14,16-17,23,43H,7-10,15H2,1-3H3,(H2,32,33,34)(H,35,39,40). The minimum atomic E-state index is -2.87. The molecule has 1 saturated heterocycles. The maximum absolute atomic E-state index is 15.9. The van der Waals surface area contributed by atoms with Crippen LogP contribution in [0.25, 0.3) is 33.4 Å². The molecule has 3 N–H and O–H groups in total. The highest BCUT2D eigenvalue weighted by Crippen LogP contribution is 2.40. The van der Waals surface area contributed by atoms with E-state index in [0.29, 0.717) is 59.2 Å². The Morgan fingerprint density at radius 3 is 2.65 bits per heavy atom. The molecular weight excluding hydrogens is 580 g/mol. The van der Waals surface area contributed by atoms with Crippen LogP contribution >= 0.6 is 0 Å². The first kappa shape index (κ1) is 30.4. The van der Waals surface area contributed by atoms with Crippen molar-refractivity contribution in [3.8, 4) is 28.3 Å². The van der Waals surface area contributed by atoms with Crippen LogP contribution in [0.1, 0.15) is 38.9 Å². The summed E-state index contributed by atoms with van der Waals surface area (Å²) in [6.07, 6.45) is 0.924. The molecule has 2 aromatic carbocycles. The largest absolute Gasteiger partial charge is 0.489 e. The second-order valence-electron chi connectivity index (χ2n) is 10.5. The smallest absolute Gasteiger partial charge is 0.219 e. The third kappa shape index (κ3) is 6.81. The summed E-state index contributed by atoms with van der Waals surface area (Å²) in [6, 6.07) is 7.94. The molecule has 3 heterocycles. The molecular formula is C29H33F2N7O4S. The van der Waals surface area contributed by atoms with Crippen molar-refractivity contribution in [2.24, 2.45) is 0 Å². The second kappa shape index (κ2) is 13.1. The highest BCUT2D eigenvalue weighted by atomic mass is 32.2. The van der Waals surface area contributed by atoms with Crippen molar-refractivity contribution in [3.05, 3.63) is 54.1 Å². The number of nitrogens with two attached hydrogens (primary N) is 1. The van der Waals surface area contributed by atoms with Gasteiger partial charge < -0.3 is 20.1 Å². The molecule has 11 nitrogen and oxygen atoms in total. The van der Waals surface area contributed by atoms with E-state index in [4.69, 9.17) is 25.2 Å². The number of hydrogen-bond donors (Lipinski definition) is 3. The lowest BCUT2D eigenvalue weighted by Crippen LogP contribution is -2.44. The van der Waals surface area contributed by atoms with E-state index in [1.165, 1.54) is 6.07 Å². The average molecular weight is 614 g/mol. The summed E-state index contributed by atoms with van der Waals surface area (Å²) in [5.41, 5.74) is 7.21. The fraction of sp³-hybridized carbons (Fsp3) is 0.379. The Morgan fingerprint density at radius 1 is 1.19 bits per heavy atom. The minimum Gasteiger partial charge on any atom is -0.489 e. The molecule has 1 aliphatic rings. The predicted octanol–water partition coefficient (Wildman–Crippen LogP) is 4.00. The van der Waals surface area contributed by atoms with Crippen LogP contribution in [0.5, 0.6) is 5.75 Å². The number of nitrogens with zero attached hydrogens (tertiary/aromatic N) is 5.